The summed E-state index contributed by atoms with van der Waals surface area (Å²) in [6.07, 6.45) is 0.667. The quantitative estimate of drug-likeness (QED) is 0.870. The van der Waals surface area contributed by atoms with Crippen LogP contribution in [-0.2, 0) is 14.3 Å². The highest BCUT2D eigenvalue weighted by atomic mass is 32.2. The number of carbonyl (C=O) groups is 1. The highest BCUT2D eigenvalue weighted by Gasteiger charge is 2.53. The normalized spacial score (nSPS) is 31.3. The first-order chi connectivity index (χ1) is 10.0. The van der Waals surface area contributed by atoms with Crippen LogP contribution >= 0.6 is 11.8 Å². The average molecular weight is 306 g/mol. The molecule has 3 atom stereocenters. The molecule has 5 heteroatoms. The molecular weight excluding hydrogens is 288 g/mol. The number of benzene rings is 1. The van der Waals surface area contributed by atoms with Crippen LogP contribution in [0.5, 0.6) is 0 Å². The molecule has 0 aliphatic carbocycles. The number of ether oxygens (including phenoxy) is 2. The third-order valence-electron chi connectivity index (χ3n) is 4.10. The van der Waals surface area contributed by atoms with Crippen LogP contribution < -0.4 is 0 Å². The maximum absolute atomic E-state index is 11.8. The minimum Gasteiger partial charge on any atom is -0.512 e. The van der Waals surface area contributed by atoms with Crippen LogP contribution in [0.3, 0.4) is 0 Å². The number of thioether (sulfide) groups is 1. The van der Waals surface area contributed by atoms with Gasteiger partial charge in [-0.3, -0.25) is 0 Å². The van der Waals surface area contributed by atoms with Gasteiger partial charge < -0.3 is 14.6 Å². The molecule has 112 valence electrons. The van der Waals surface area contributed by atoms with Crippen LogP contribution in [-0.4, -0.2) is 35.1 Å². The predicted molar refractivity (Wildman–Crippen MR) is 80.3 cm³/mol. The van der Waals surface area contributed by atoms with E-state index in [1.54, 1.807) is 11.8 Å². The molecular formula is C16H18O4S. The van der Waals surface area contributed by atoms with Gasteiger partial charge in [0.25, 0.3) is 0 Å². The van der Waals surface area contributed by atoms with Gasteiger partial charge in [0, 0.05) is 16.6 Å². The van der Waals surface area contributed by atoms with Crippen molar-refractivity contribution in [1.29, 1.82) is 0 Å². The lowest BCUT2D eigenvalue weighted by molar-refractivity contribution is -0.139. The Kier molecular flexibility index (Phi) is 3.71. The Morgan fingerprint density at radius 1 is 1.43 bits per heavy atom. The summed E-state index contributed by atoms with van der Waals surface area (Å²) < 4.78 is 10.8. The third-order valence-corrected chi connectivity index (χ3v) is 5.62. The van der Waals surface area contributed by atoms with E-state index in [4.69, 9.17) is 9.47 Å². The summed E-state index contributed by atoms with van der Waals surface area (Å²) in [5.41, 5.74) is -0.168. The van der Waals surface area contributed by atoms with Crippen molar-refractivity contribution in [2.45, 2.75) is 41.6 Å². The molecule has 1 aromatic rings. The van der Waals surface area contributed by atoms with E-state index in [0.717, 1.165) is 0 Å². The van der Waals surface area contributed by atoms with Gasteiger partial charge in [0.05, 0.1) is 18.8 Å². The maximum atomic E-state index is 11.8. The first-order valence-electron chi connectivity index (χ1n) is 6.93. The topological polar surface area (TPSA) is 55.8 Å². The van der Waals surface area contributed by atoms with E-state index in [-0.39, 0.29) is 22.7 Å². The molecule has 21 heavy (non-hydrogen) atoms. The summed E-state index contributed by atoms with van der Waals surface area (Å²) in [6, 6.07) is 10.1. The minimum atomic E-state index is -0.495. The lowest BCUT2D eigenvalue weighted by atomic mass is 9.97. The van der Waals surface area contributed by atoms with Crippen LogP contribution in [0.15, 0.2) is 46.6 Å². The number of carbonyl (C=O) groups excluding carboxylic acids is 1. The predicted octanol–water partition coefficient (Wildman–Crippen LogP) is 3.08. The second kappa shape index (κ2) is 5.39. The zero-order valence-electron chi connectivity index (χ0n) is 12.0. The zero-order chi connectivity index (χ0) is 15.0. The van der Waals surface area contributed by atoms with Crippen molar-refractivity contribution in [3.8, 4) is 0 Å². The summed E-state index contributed by atoms with van der Waals surface area (Å²) in [5.74, 6) is -0.387. The molecule has 0 amide bonds. The maximum Gasteiger partial charge on any atom is 0.339 e. The number of fused-ring (bicyclic) bond motifs is 2. The van der Waals surface area contributed by atoms with Crippen molar-refractivity contribution >= 4 is 17.7 Å². The van der Waals surface area contributed by atoms with Gasteiger partial charge in [-0.05, 0) is 25.5 Å². The molecule has 1 saturated heterocycles. The molecule has 1 aromatic carbocycles. The Morgan fingerprint density at radius 2 is 2.14 bits per heavy atom. The number of aliphatic hydroxyl groups is 1. The van der Waals surface area contributed by atoms with E-state index in [1.807, 2.05) is 25.1 Å². The molecule has 1 N–H and O–H groups in total. The number of hydrogen-bond donors (Lipinski definition) is 1. The highest BCUT2D eigenvalue weighted by Crippen LogP contribution is 2.50. The van der Waals surface area contributed by atoms with Crippen molar-refractivity contribution in [3.63, 3.8) is 0 Å². The summed E-state index contributed by atoms with van der Waals surface area (Å²) >= 11 is 1.73. The molecule has 1 fully saturated rings. The summed E-state index contributed by atoms with van der Waals surface area (Å²) in [7, 11) is 1.32. The number of hydrogen-bond acceptors (Lipinski definition) is 5. The Bertz CT molecular complexity index is 583. The summed E-state index contributed by atoms with van der Waals surface area (Å²) in [5, 5.41) is 10.4. The largest absolute Gasteiger partial charge is 0.512 e. The molecule has 0 aromatic heterocycles. The molecule has 0 radical (unpaired) electrons. The SMILES string of the molecule is COC(=O)C1=C(O)C[C@@]2(C)O[C@@H]1C[C@@H]2Sc1ccccc1. The number of methoxy groups -OCH3 is 1. The number of esters is 1. The van der Waals surface area contributed by atoms with Gasteiger partial charge in [0.2, 0.25) is 0 Å². The second-order valence-electron chi connectivity index (χ2n) is 5.60. The fourth-order valence-corrected chi connectivity index (χ4v) is 4.34. The smallest absolute Gasteiger partial charge is 0.339 e. The average Bonchev–Trinajstić information content (AvgIpc) is 2.71. The lowest BCUT2D eigenvalue weighted by Gasteiger charge is -2.33. The third kappa shape index (κ3) is 2.56. The monoisotopic (exact) mass is 306 g/mol. The number of aliphatic hydroxyl groups excluding tert-OH is 1. The summed E-state index contributed by atoms with van der Waals surface area (Å²) in [6.45, 7) is 2.00. The molecule has 2 aliphatic heterocycles. The van der Waals surface area contributed by atoms with Crippen molar-refractivity contribution in [1.82, 2.24) is 0 Å². The van der Waals surface area contributed by atoms with Crippen LogP contribution in [0.4, 0.5) is 0 Å². The Hall–Kier alpha value is -1.46. The highest BCUT2D eigenvalue weighted by molar-refractivity contribution is 8.00. The van der Waals surface area contributed by atoms with E-state index in [2.05, 4.69) is 12.1 Å². The Morgan fingerprint density at radius 3 is 2.81 bits per heavy atom. The molecule has 2 heterocycles. The van der Waals surface area contributed by atoms with Gasteiger partial charge in [0.15, 0.2) is 0 Å². The number of rotatable bonds is 3. The fraction of sp³-hybridized carbons (Fsp3) is 0.438. The molecule has 2 bridgehead atoms. The fourth-order valence-electron chi connectivity index (χ4n) is 3.03. The van der Waals surface area contributed by atoms with E-state index in [9.17, 15) is 9.90 Å². The first-order valence-corrected chi connectivity index (χ1v) is 7.81. The van der Waals surface area contributed by atoms with E-state index >= 15 is 0 Å². The zero-order valence-corrected chi connectivity index (χ0v) is 12.9. The van der Waals surface area contributed by atoms with E-state index in [0.29, 0.717) is 12.8 Å². The molecule has 2 aliphatic rings. The van der Waals surface area contributed by atoms with Crippen LogP contribution in [0.1, 0.15) is 19.8 Å². The van der Waals surface area contributed by atoms with Gasteiger partial charge in [-0.15, -0.1) is 11.8 Å². The van der Waals surface area contributed by atoms with Crippen LogP contribution in [0, 0.1) is 0 Å². The molecule has 0 spiro atoms. The second-order valence-corrected chi connectivity index (χ2v) is 6.88. The molecule has 0 unspecified atom stereocenters. The van der Waals surface area contributed by atoms with Gasteiger partial charge in [0.1, 0.15) is 11.3 Å². The van der Waals surface area contributed by atoms with Crippen molar-refractivity contribution in [2.75, 3.05) is 7.11 Å². The van der Waals surface area contributed by atoms with Crippen LogP contribution in [0.2, 0.25) is 0 Å². The van der Waals surface area contributed by atoms with Crippen molar-refractivity contribution in [3.05, 3.63) is 41.7 Å². The van der Waals surface area contributed by atoms with E-state index < -0.39 is 11.6 Å². The molecule has 4 nitrogen and oxygen atoms in total. The van der Waals surface area contributed by atoms with Crippen molar-refractivity contribution in [2.24, 2.45) is 0 Å². The van der Waals surface area contributed by atoms with Gasteiger partial charge >= 0.3 is 5.97 Å². The molecule has 0 saturated carbocycles. The van der Waals surface area contributed by atoms with Gasteiger partial charge in [-0.1, -0.05) is 18.2 Å². The van der Waals surface area contributed by atoms with E-state index in [1.165, 1.54) is 12.0 Å². The van der Waals surface area contributed by atoms with Gasteiger partial charge in [-0.25, -0.2) is 4.79 Å². The Labute approximate surface area is 128 Å². The van der Waals surface area contributed by atoms with Crippen molar-refractivity contribution < 1.29 is 19.4 Å². The lowest BCUT2D eigenvalue weighted by Crippen LogP contribution is -2.38. The molecule has 3 rings (SSSR count). The summed E-state index contributed by atoms with van der Waals surface area (Å²) in [4.78, 5) is 13.0. The minimum absolute atomic E-state index is 0.108. The van der Waals surface area contributed by atoms with Crippen LogP contribution in [0.25, 0.3) is 0 Å². The standard InChI is InChI=1S/C16H18O4S/c1-16-9-11(17)14(15(18)19-2)12(20-16)8-13(16)21-10-6-4-3-5-7-10/h3-7,12-13,17H,8-9H2,1-2H3/t12-,13+,16-/m1/s1. The van der Waals surface area contributed by atoms with Gasteiger partial charge in [-0.2, -0.15) is 0 Å². The Balaban J connectivity index is 1.83. The first kappa shape index (κ1) is 14.5.